The number of nitrogens with one attached hydrogen (secondary N) is 1. The van der Waals surface area contributed by atoms with Crippen LogP contribution in [0.15, 0.2) is 29.0 Å². The Morgan fingerprint density at radius 1 is 1.09 bits per heavy atom. The normalized spacial score (nSPS) is 11.6. The minimum absolute atomic E-state index is 0.0493. The first-order chi connectivity index (χ1) is 15.8. The van der Waals surface area contributed by atoms with Gasteiger partial charge in [0, 0.05) is 0 Å². The molecule has 1 aromatic carbocycles. The standard InChI is InChI=1S/C22H22N2O8S/c1-5-29-21(27)16-11(3)17(22(28)30-6-2)33-19(16)24-18(25)12(4)32-20(26)13-7-8-15-14(9-13)23-10-31-15/h7-10,12H,5-6H2,1-4H3,(H,24,25). The number of hydrogen-bond donors (Lipinski definition) is 1. The number of nitrogens with zero attached hydrogens (tertiary/aromatic N) is 1. The number of carbonyl (C=O) groups excluding carboxylic acids is 4. The highest BCUT2D eigenvalue weighted by Gasteiger charge is 2.29. The van der Waals surface area contributed by atoms with Crippen LogP contribution in [0.2, 0.25) is 0 Å². The van der Waals surface area contributed by atoms with E-state index in [2.05, 4.69) is 10.3 Å². The Hall–Kier alpha value is -3.73. The first kappa shape index (κ1) is 23.9. The molecule has 0 aliphatic rings. The fourth-order valence-corrected chi connectivity index (χ4v) is 4.01. The third kappa shape index (κ3) is 5.20. The minimum Gasteiger partial charge on any atom is -0.462 e. The second-order valence-electron chi connectivity index (χ2n) is 6.77. The van der Waals surface area contributed by atoms with Gasteiger partial charge in [-0.2, -0.15) is 0 Å². The van der Waals surface area contributed by atoms with Gasteiger partial charge >= 0.3 is 17.9 Å². The SMILES string of the molecule is CCOC(=O)c1sc(NC(=O)C(C)OC(=O)c2ccc3ocnc3c2)c(C(=O)OCC)c1C. The highest BCUT2D eigenvalue weighted by atomic mass is 32.1. The summed E-state index contributed by atoms with van der Waals surface area (Å²) in [6, 6.07) is 4.55. The number of oxazole rings is 1. The molecule has 1 N–H and O–H groups in total. The molecule has 174 valence electrons. The van der Waals surface area contributed by atoms with Crippen molar-refractivity contribution in [1.82, 2.24) is 4.98 Å². The molecule has 1 atom stereocenters. The van der Waals surface area contributed by atoms with Crippen LogP contribution in [0.5, 0.6) is 0 Å². The van der Waals surface area contributed by atoms with E-state index in [1.807, 2.05) is 0 Å². The highest BCUT2D eigenvalue weighted by molar-refractivity contribution is 7.18. The Balaban J connectivity index is 1.78. The van der Waals surface area contributed by atoms with Crippen LogP contribution in [0.3, 0.4) is 0 Å². The van der Waals surface area contributed by atoms with Gasteiger partial charge in [0.05, 0.1) is 24.3 Å². The molecular weight excluding hydrogens is 452 g/mol. The Morgan fingerprint density at radius 2 is 1.79 bits per heavy atom. The second kappa shape index (κ2) is 10.3. The predicted octanol–water partition coefficient (Wildman–Crippen LogP) is 3.74. The van der Waals surface area contributed by atoms with Gasteiger partial charge in [0.15, 0.2) is 18.1 Å². The van der Waals surface area contributed by atoms with Crippen molar-refractivity contribution < 1.29 is 37.8 Å². The zero-order valence-corrected chi connectivity index (χ0v) is 19.2. The van der Waals surface area contributed by atoms with Crippen LogP contribution < -0.4 is 5.32 Å². The van der Waals surface area contributed by atoms with Crippen molar-refractivity contribution in [1.29, 1.82) is 0 Å². The van der Waals surface area contributed by atoms with Crippen molar-refractivity contribution in [3.63, 3.8) is 0 Å². The van der Waals surface area contributed by atoms with Crippen LogP contribution in [0.4, 0.5) is 5.00 Å². The van der Waals surface area contributed by atoms with Crippen LogP contribution in [0.25, 0.3) is 11.1 Å². The molecular formula is C22H22N2O8S. The number of hydrogen-bond acceptors (Lipinski definition) is 10. The molecule has 2 aromatic heterocycles. The third-order valence-electron chi connectivity index (χ3n) is 4.54. The Bertz CT molecular complexity index is 1210. The largest absolute Gasteiger partial charge is 0.462 e. The Morgan fingerprint density at radius 3 is 2.48 bits per heavy atom. The van der Waals surface area contributed by atoms with Gasteiger partial charge in [-0.05, 0) is 51.5 Å². The maximum Gasteiger partial charge on any atom is 0.348 e. The topological polar surface area (TPSA) is 134 Å². The molecule has 0 spiro atoms. The molecule has 2 heterocycles. The minimum atomic E-state index is -1.20. The summed E-state index contributed by atoms with van der Waals surface area (Å²) in [5.41, 5.74) is 1.56. The summed E-state index contributed by atoms with van der Waals surface area (Å²) in [7, 11) is 0. The lowest BCUT2D eigenvalue weighted by molar-refractivity contribution is -0.123. The number of aromatic nitrogens is 1. The molecule has 3 aromatic rings. The van der Waals surface area contributed by atoms with Gasteiger partial charge < -0.3 is 23.9 Å². The predicted molar refractivity (Wildman–Crippen MR) is 118 cm³/mol. The maximum atomic E-state index is 12.7. The Kier molecular flexibility index (Phi) is 7.44. The van der Waals surface area contributed by atoms with Crippen molar-refractivity contribution in [3.05, 3.63) is 46.2 Å². The number of rotatable bonds is 8. The third-order valence-corrected chi connectivity index (χ3v) is 5.73. The van der Waals surface area contributed by atoms with Crippen LogP contribution >= 0.6 is 11.3 Å². The summed E-state index contributed by atoms with van der Waals surface area (Å²) < 4.78 is 20.5. The summed E-state index contributed by atoms with van der Waals surface area (Å²) in [4.78, 5) is 54.0. The fraction of sp³-hybridized carbons (Fsp3) is 0.318. The molecule has 1 unspecified atom stereocenters. The van der Waals surface area contributed by atoms with Crippen molar-refractivity contribution in [2.24, 2.45) is 0 Å². The van der Waals surface area contributed by atoms with Crippen molar-refractivity contribution in [2.75, 3.05) is 18.5 Å². The molecule has 33 heavy (non-hydrogen) atoms. The van der Waals surface area contributed by atoms with Gasteiger partial charge in [-0.25, -0.2) is 19.4 Å². The molecule has 11 heteroatoms. The number of esters is 3. The van der Waals surface area contributed by atoms with Crippen LogP contribution in [-0.4, -0.2) is 48.1 Å². The van der Waals surface area contributed by atoms with E-state index in [9.17, 15) is 19.2 Å². The van der Waals surface area contributed by atoms with E-state index < -0.39 is 29.9 Å². The van der Waals surface area contributed by atoms with Gasteiger partial charge in [0.2, 0.25) is 0 Å². The first-order valence-corrected chi connectivity index (χ1v) is 10.9. The maximum absolute atomic E-state index is 12.7. The van der Waals surface area contributed by atoms with E-state index in [-0.39, 0.29) is 34.2 Å². The number of thiophene rings is 1. The highest BCUT2D eigenvalue weighted by Crippen LogP contribution is 2.34. The summed E-state index contributed by atoms with van der Waals surface area (Å²) in [6.07, 6.45) is 0.0545. The van der Waals surface area contributed by atoms with E-state index in [0.717, 1.165) is 11.3 Å². The first-order valence-electron chi connectivity index (χ1n) is 10.1. The average Bonchev–Trinajstić information content (AvgIpc) is 3.37. The summed E-state index contributed by atoms with van der Waals surface area (Å²) in [6.45, 7) is 6.51. The van der Waals surface area contributed by atoms with Gasteiger partial charge in [-0.15, -0.1) is 11.3 Å². The summed E-state index contributed by atoms with van der Waals surface area (Å²) in [5, 5.41) is 2.66. The van der Waals surface area contributed by atoms with E-state index in [1.165, 1.54) is 25.5 Å². The molecule has 0 aliphatic carbocycles. The molecule has 0 saturated heterocycles. The molecule has 3 rings (SSSR count). The number of amides is 1. The molecule has 0 radical (unpaired) electrons. The van der Waals surface area contributed by atoms with Gasteiger partial charge in [0.1, 0.15) is 15.4 Å². The average molecular weight is 474 g/mol. The lowest BCUT2D eigenvalue weighted by atomic mass is 10.1. The van der Waals surface area contributed by atoms with Crippen LogP contribution in [-0.2, 0) is 19.0 Å². The van der Waals surface area contributed by atoms with Gasteiger partial charge in [0.25, 0.3) is 5.91 Å². The molecule has 0 aliphatic heterocycles. The van der Waals surface area contributed by atoms with E-state index in [0.29, 0.717) is 16.7 Å². The summed E-state index contributed by atoms with van der Waals surface area (Å²) in [5.74, 6) is -2.73. The number of ether oxygens (including phenoxy) is 3. The zero-order valence-electron chi connectivity index (χ0n) is 18.4. The second-order valence-corrected chi connectivity index (χ2v) is 7.79. The van der Waals surface area contributed by atoms with E-state index >= 15 is 0 Å². The lowest BCUT2D eigenvalue weighted by Gasteiger charge is -2.13. The summed E-state index contributed by atoms with van der Waals surface area (Å²) >= 11 is 0.885. The smallest absolute Gasteiger partial charge is 0.348 e. The zero-order chi connectivity index (χ0) is 24.1. The number of fused-ring (bicyclic) bond motifs is 1. The molecule has 0 saturated carbocycles. The molecule has 10 nitrogen and oxygen atoms in total. The molecule has 0 fully saturated rings. The van der Waals surface area contributed by atoms with Gasteiger partial charge in [-0.1, -0.05) is 0 Å². The fourth-order valence-electron chi connectivity index (χ4n) is 2.92. The number of benzene rings is 1. The monoisotopic (exact) mass is 474 g/mol. The molecule has 0 bridgehead atoms. The van der Waals surface area contributed by atoms with Crippen molar-refractivity contribution >= 4 is 51.3 Å². The number of anilines is 1. The van der Waals surface area contributed by atoms with Crippen molar-refractivity contribution in [3.8, 4) is 0 Å². The van der Waals surface area contributed by atoms with Crippen molar-refractivity contribution in [2.45, 2.75) is 33.8 Å². The number of carbonyl (C=O) groups is 4. The lowest BCUT2D eigenvalue weighted by Crippen LogP contribution is -2.30. The van der Waals surface area contributed by atoms with E-state index in [1.54, 1.807) is 26.8 Å². The van der Waals surface area contributed by atoms with Crippen LogP contribution in [0, 0.1) is 6.92 Å². The quantitative estimate of drug-likeness (QED) is 0.383. The Labute approximate surface area is 192 Å². The van der Waals surface area contributed by atoms with Gasteiger partial charge in [-0.3, -0.25) is 4.79 Å². The van der Waals surface area contributed by atoms with Crippen LogP contribution in [0.1, 0.15) is 56.7 Å². The molecule has 1 amide bonds. The van der Waals surface area contributed by atoms with E-state index in [4.69, 9.17) is 18.6 Å².